The lowest BCUT2D eigenvalue weighted by molar-refractivity contribution is -0.385. The molecule has 8 heteroatoms. The van der Waals surface area contributed by atoms with Crippen molar-refractivity contribution in [3.8, 4) is 0 Å². The molecule has 0 aliphatic heterocycles. The highest BCUT2D eigenvalue weighted by atomic mass is 16.6. The van der Waals surface area contributed by atoms with Crippen molar-refractivity contribution in [2.45, 2.75) is 26.5 Å². The van der Waals surface area contributed by atoms with Crippen LogP contribution in [0.3, 0.4) is 0 Å². The molecular formula is C11H18N4O4. The van der Waals surface area contributed by atoms with Gasteiger partial charge in [-0.2, -0.15) is 4.98 Å². The lowest BCUT2D eigenvalue weighted by Gasteiger charge is -2.14. The molecule has 0 amide bonds. The van der Waals surface area contributed by atoms with E-state index in [-0.39, 0.29) is 12.2 Å². The van der Waals surface area contributed by atoms with Gasteiger partial charge in [-0.3, -0.25) is 14.7 Å². The minimum Gasteiger partial charge on any atom is -0.390 e. The fraction of sp³-hybridized carbons (Fsp3) is 0.636. The number of hydrogen-bond acceptors (Lipinski definition) is 6. The predicted molar refractivity (Wildman–Crippen MR) is 68.9 cm³/mol. The van der Waals surface area contributed by atoms with Crippen molar-refractivity contribution < 1.29 is 10.0 Å². The Balaban J connectivity index is 2.63. The second-order valence-electron chi connectivity index (χ2n) is 4.71. The third-order valence-corrected chi connectivity index (χ3v) is 2.39. The van der Waals surface area contributed by atoms with Gasteiger partial charge in [0.2, 0.25) is 0 Å². The number of nitrogens with one attached hydrogen (secondary N) is 1. The Morgan fingerprint density at radius 1 is 1.53 bits per heavy atom. The van der Waals surface area contributed by atoms with Crippen LogP contribution in [0.25, 0.3) is 0 Å². The molecule has 0 fully saturated rings. The van der Waals surface area contributed by atoms with E-state index in [0.717, 1.165) is 23.5 Å². The third-order valence-electron chi connectivity index (χ3n) is 2.39. The summed E-state index contributed by atoms with van der Waals surface area (Å²) in [5, 5.41) is 23.4. The van der Waals surface area contributed by atoms with Crippen LogP contribution in [-0.4, -0.2) is 38.8 Å². The smallest absolute Gasteiger partial charge is 0.348 e. The highest BCUT2D eigenvalue weighted by Crippen LogP contribution is 2.04. The number of aliphatic hydroxyl groups excluding tert-OH is 1. The average Bonchev–Trinajstić information content (AvgIpc) is 2.31. The first-order chi connectivity index (χ1) is 8.90. The van der Waals surface area contributed by atoms with Gasteiger partial charge in [0.05, 0.1) is 23.8 Å². The number of nitro groups is 1. The summed E-state index contributed by atoms with van der Waals surface area (Å²) in [6.07, 6.45) is 1.18. The molecule has 19 heavy (non-hydrogen) atoms. The topological polar surface area (TPSA) is 110 Å². The molecule has 0 aromatic carbocycles. The van der Waals surface area contributed by atoms with Crippen LogP contribution < -0.4 is 11.0 Å². The van der Waals surface area contributed by atoms with Gasteiger partial charge >= 0.3 is 11.4 Å². The SMILES string of the molecule is CC(C)CNCC(O)Cn1cc([N+](=O)[O-])cnc1=O. The molecule has 0 aliphatic rings. The summed E-state index contributed by atoms with van der Waals surface area (Å²) >= 11 is 0. The quantitative estimate of drug-likeness (QED) is 0.522. The molecule has 8 nitrogen and oxygen atoms in total. The second kappa shape index (κ2) is 6.95. The Hall–Kier alpha value is -1.80. The third kappa shape index (κ3) is 5.14. The molecule has 0 saturated carbocycles. The molecule has 0 radical (unpaired) electrons. The minimum absolute atomic E-state index is 0.0292. The Morgan fingerprint density at radius 2 is 2.21 bits per heavy atom. The van der Waals surface area contributed by atoms with Crippen LogP contribution in [0.4, 0.5) is 5.69 Å². The predicted octanol–water partition coefficient (Wildman–Crippen LogP) is -0.242. The average molecular weight is 270 g/mol. The maximum absolute atomic E-state index is 11.4. The summed E-state index contributed by atoms with van der Waals surface area (Å²) in [7, 11) is 0. The number of hydrogen-bond donors (Lipinski definition) is 2. The Labute approximate surface area is 110 Å². The Bertz CT molecular complexity index is 486. The fourth-order valence-electron chi connectivity index (χ4n) is 1.50. The number of aromatic nitrogens is 2. The van der Waals surface area contributed by atoms with Crippen molar-refractivity contribution in [2.75, 3.05) is 13.1 Å². The van der Waals surface area contributed by atoms with E-state index in [0.29, 0.717) is 12.5 Å². The highest BCUT2D eigenvalue weighted by Gasteiger charge is 2.12. The molecule has 1 rings (SSSR count). The van der Waals surface area contributed by atoms with Crippen molar-refractivity contribution >= 4 is 5.69 Å². The van der Waals surface area contributed by atoms with Gasteiger partial charge in [-0.05, 0) is 12.5 Å². The summed E-state index contributed by atoms with van der Waals surface area (Å²) in [5.41, 5.74) is -0.893. The molecule has 106 valence electrons. The number of nitrogens with zero attached hydrogens (tertiary/aromatic N) is 3. The normalized spacial score (nSPS) is 12.6. The lowest BCUT2D eigenvalue weighted by atomic mass is 10.2. The van der Waals surface area contributed by atoms with Gasteiger partial charge in [0, 0.05) is 6.54 Å². The van der Waals surface area contributed by atoms with Gasteiger partial charge in [-0.1, -0.05) is 13.8 Å². The number of rotatable bonds is 7. The van der Waals surface area contributed by atoms with E-state index < -0.39 is 16.7 Å². The van der Waals surface area contributed by atoms with E-state index in [4.69, 9.17) is 0 Å². The van der Waals surface area contributed by atoms with Gasteiger partial charge in [0.25, 0.3) is 0 Å². The van der Waals surface area contributed by atoms with E-state index >= 15 is 0 Å². The summed E-state index contributed by atoms with van der Waals surface area (Å²) < 4.78 is 1.04. The standard InChI is InChI=1S/C11H18N4O4/c1-8(2)3-12-5-10(16)7-14-6-9(15(18)19)4-13-11(14)17/h4,6,8,10,12,16H,3,5,7H2,1-2H3. The fourth-order valence-corrected chi connectivity index (χ4v) is 1.50. The zero-order valence-electron chi connectivity index (χ0n) is 10.9. The molecule has 1 aromatic rings. The first-order valence-electron chi connectivity index (χ1n) is 5.99. The summed E-state index contributed by atoms with van der Waals surface area (Å²) in [4.78, 5) is 24.7. The number of aliphatic hydroxyl groups is 1. The van der Waals surface area contributed by atoms with E-state index in [1.807, 2.05) is 13.8 Å². The van der Waals surface area contributed by atoms with Crippen LogP contribution in [-0.2, 0) is 6.54 Å². The van der Waals surface area contributed by atoms with Gasteiger partial charge in [-0.15, -0.1) is 0 Å². The molecule has 0 bridgehead atoms. The Morgan fingerprint density at radius 3 is 2.79 bits per heavy atom. The van der Waals surface area contributed by atoms with Crippen LogP contribution >= 0.6 is 0 Å². The molecule has 1 atom stereocenters. The maximum Gasteiger partial charge on any atom is 0.348 e. The van der Waals surface area contributed by atoms with Crippen molar-refractivity contribution in [3.63, 3.8) is 0 Å². The van der Waals surface area contributed by atoms with Crippen molar-refractivity contribution in [2.24, 2.45) is 5.92 Å². The highest BCUT2D eigenvalue weighted by molar-refractivity contribution is 5.20. The summed E-state index contributed by atoms with van der Waals surface area (Å²) in [6, 6.07) is 0. The van der Waals surface area contributed by atoms with Crippen molar-refractivity contribution in [3.05, 3.63) is 33.0 Å². The first kappa shape index (κ1) is 15.3. The first-order valence-corrected chi connectivity index (χ1v) is 5.99. The van der Waals surface area contributed by atoms with Gasteiger partial charge in [0.1, 0.15) is 6.20 Å². The second-order valence-corrected chi connectivity index (χ2v) is 4.71. The molecule has 2 N–H and O–H groups in total. The maximum atomic E-state index is 11.4. The molecular weight excluding hydrogens is 252 g/mol. The lowest BCUT2D eigenvalue weighted by Crippen LogP contribution is -2.35. The van der Waals surface area contributed by atoms with E-state index in [9.17, 15) is 20.0 Å². The zero-order valence-corrected chi connectivity index (χ0v) is 10.9. The van der Waals surface area contributed by atoms with Gasteiger partial charge < -0.3 is 10.4 Å². The summed E-state index contributed by atoms with van der Waals surface area (Å²) in [6.45, 7) is 5.10. The van der Waals surface area contributed by atoms with Crippen LogP contribution in [0.5, 0.6) is 0 Å². The molecule has 0 saturated heterocycles. The molecule has 1 heterocycles. The minimum atomic E-state index is -0.805. The molecule has 1 aromatic heterocycles. The van der Waals surface area contributed by atoms with Crippen molar-refractivity contribution in [1.29, 1.82) is 0 Å². The largest absolute Gasteiger partial charge is 0.390 e. The molecule has 0 spiro atoms. The van der Waals surface area contributed by atoms with E-state index in [2.05, 4.69) is 10.3 Å². The van der Waals surface area contributed by atoms with Crippen LogP contribution in [0.1, 0.15) is 13.8 Å². The zero-order chi connectivity index (χ0) is 14.4. The molecule has 0 aliphatic carbocycles. The van der Waals surface area contributed by atoms with E-state index in [1.54, 1.807) is 0 Å². The van der Waals surface area contributed by atoms with Gasteiger partial charge in [0.15, 0.2) is 0 Å². The Kier molecular flexibility index (Phi) is 5.58. The van der Waals surface area contributed by atoms with E-state index in [1.165, 1.54) is 0 Å². The monoisotopic (exact) mass is 270 g/mol. The van der Waals surface area contributed by atoms with Crippen LogP contribution in [0.2, 0.25) is 0 Å². The van der Waals surface area contributed by atoms with Gasteiger partial charge in [-0.25, -0.2) is 4.79 Å². The van der Waals surface area contributed by atoms with Crippen LogP contribution in [0, 0.1) is 16.0 Å². The van der Waals surface area contributed by atoms with Crippen LogP contribution in [0.15, 0.2) is 17.2 Å². The molecule has 1 unspecified atom stereocenters. The van der Waals surface area contributed by atoms with Crippen molar-refractivity contribution in [1.82, 2.24) is 14.9 Å². The summed E-state index contributed by atoms with van der Waals surface area (Å²) in [5.74, 6) is 0.453.